The van der Waals surface area contributed by atoms with Crippen molar-refractivity contribution in [2.75, 3.05) is 0 Å². The molecule has 0 spiro atoms. The average Bonchev–Trinajstić information content (AvgIpc) is 2.22. The van der Waals surface area contributed by atoms with Gasteiger partial charge in [-0.1, -0.05) is 26.3 Å². The highest BCUT2D eigenvalue weighted by atomic mass is 19.1. The number of halogens is 2. The van der Waals surface area contributed by atoms with Crippen LogP contribution in [0.2, 0.25) is 0 Å². The second-order valence-electron chi connectivity index (χ2n) is 6.30. The van der Waals surface area contributed by atoms with Gasteiger partial charge in [0, 0.05) is 12.0 Å². The molecule has 0 heterocycles. The molecule has 18 heavy (non-hydrogen) atoms. The van der Waals surface area contributed by atoms with E-state index in [9.17, 15) is 13.9 Å². The first-order valence-electron chi connectivity index (χ1n) is 6.47. The lowest BCUT2D eigenvalue weighted by molar-refractivity contribution is -0.0393. The number of benzene rings is 1. The van der Waals surface area contributed by atoms with Gasteiger partial charge in [-0.05, 0) is 36.8 Å². The van der Waals surface area contributed by atoms with Crippen LogP contribution in [0, 0.1) is 17.0 Å². The van der Waals surface area contributed by atoms with Crippen LogP contribution in [0.1, 0.15) is 45.1 Å². The second-order valence-corrected chi connectivity index (χ2v) is 6.30. The van der Waals surface area contributed by atoms with Gasteiger partial charge >= 0.3 is 0 Å². The van der Waals surface area contributed by atoms with E-state index in [1.54, 1.807) is 0 Å². The Balaban J connectivity index is 2.22. The molecule has 1 aliphatic carbocycles. The lowest BCUT2D eigenvalue weighted by atomic mass is 9.68. The smallest absolute Gasteiger partial charge is 0.129 e. The Labute approximate surface area is 107 Å². The molecular formula is C15H20F2O. The Morgan fingerprint density at radius 2 is 1.78 bits per heavy atom. The van der Waals surface area contributed by atoms with Gasteiger partial charge in [-0.2, -0.15) is 0 Å². The highest BCUT2D eigenvalue weighted by molar-refractivity contribution is 5.22. The third kappa shape index (κ3) is 2.89. The van der Waals surface area contributed by atoms with Gasteiger partial charge in [0.25, 0.3) is 0 Å². The highest BCUT2D eigenvalue weighted by Gasteiger charge is 2.39. The van der Waals surface area contributed by atoms with Gasteiger partial charge in [-0.15, -0.1) is 0 Å². The summed E-state index contributed by atoms with van der Waals surface area (Å²) in [6, 6.07) is 3.84. The molecule has 1 saturated carbocycles. The lowest BCUT2D eigenvalue weighted by Crippen LogP contribution is -2.41. The monoisotopic (exact) mass is 254 g/mol. The fraction of sp³-hybridized carbons (Fsp3) is 0.600. The maximum atomic E-state index is 13.6. The molecule has 1 aromatic carbocycles. The van der Waals surface area contributed by atoms with Crippen LogP contribution < -0.4 is 0 Å². The van der Waals surface area contributed by atoms with Crippen molar-refractivity contribution in [2.45, 2.75) is 51.6 Å². The summed E-state index contributed by atoms with van der Waals surface area (Å²) >= 11 is 0. The average molecular weight is 254 g/mol. The maximum absolute atomic E-state index is 13.6. The van der Waals surface area contributed by atoms with E-state index < -0.39 is 17.2 Å². The quantitative estimate of drug-likeness (QED) is 0.850. The first kappa shape index (κ1) is 13.5. The highest BCUT2D eigenvalue weighted by Crippen LogP contribution is 2.42. The summed E-state index contributed by atoms with van der Waals surface area (Å²) in [4.78, 5) is 0. The minimum atomic E-state index is -0.981. The summed E-state index contributed by atoms with van der Waals surface area (Å²) in [5.74, 6) is -1.13. The Hall–Kier alpha value is -0.960. The van der Waals surface area contributed by atoms with Crippen LogP contribution in [0.15, 0.2) is 18.2 Å². The van der Waals surface area contributed by atoms with Crippen molar-refractivity contribution in [3.63, 3.8) is 0 Å². The summed E-state index contributed by atoms with van der Waals surface area (Å²) in [5, 5.41) is 10.6. The van der Waals surface area contributed by atoms with Crippen LogP contribution in [0.3, 0.4) is 0 Å². The zero-order valence-corrected chi connectivity index (χ0v) is 11.0. The van der Waals surface area contributed by atoms with E-state index in [0.29, 0.717) is 12.8 Å². The molecule has 1 atom stereocenters. The zero-order chi connectivity index (χ0) is 13.4. The molecule has 100 valence electrons. The van der Waals surface area contributed by atoms with E-state index in [0.717, 1.165) is 12.8 Å². The molecule has 1 aliphatic rings. The predicted octanol–water partition coefficient (Wildman–Crippen LogP) is 3.84. The van der Waals surface area contributed by atoms with Crippen LogP contribution in [-0.4, -0.2) is 10.7 Å². The number of hydrogen-bond donors (Lipinski definition) is 1. The van der Waals surface area contributed by atoms with Gasteiger partial charge in [0.1, 0.15) is 11.6 Å². The van der Waals surface area contributed by atoms with Gasteiger partial charge in [0.05, 0.1) is 5.60 Å². The predicted molar refractivity (Wildman–Crippen MR) is 67.3 cm³/mol. The van der Waals surface area contributed by atoms with Crippen LogP contribution in [-0.2, 0) is 6.42 Å². The molecule has 0 bridgehead atoms. The molecular weight excluding hydrogens is 234 g/mol. The van der Waals surface area contributed by atoms with E-state index >= 15 is 0 Å². The molecule has 0 radical (unpaired) electrons. The van der Waals surface area contributed by atoms with E-state index in [1.165, 1.54) is 18.2 Å². The SMILES string of the molecule is CC1(C)CCCC(O)(Cc2c(F)cccc2F)C1. The van der Waals surface area contributed by atoms with Gasteiger partial charge in [0.2, 0.25) is 0 Å². The summed E-state index contributed by atoms with van der Waals surface area (Å²) in [6.07, 6.45) is 3.22. The Morgan fingerprint density at radius 3 is 2.33 bits per heavy atom. The largest absolute Gasteiger partial charge is 0.390 e. The molecule has 3 heteroatoms. The van der Waals surface area contributed by atoms with E-state index in [1.807, 2.05) is 0 Å². The van der Waals surface area contributed by atoms with Crippen molar-refractivity contribution in [2.24, 2.45) is 5.41 Å². The molecule has 1 aromatic rings. The number of hydrogen-bond acceptors (Lipinski definition) is 1. The molecule has 1 fully saturated rings. The van der Waals surface area contributed by atoms with Crippen molar-refractivity contribution in [3.05, 3.63) is 35.4 Å². The fourth-order valence-electron chi connectivity index (χ4n) is 3.14. The minimum absolute atomic E-state index is 0.0118. The lowest BCUT2D eigenvalue weighted by Gasteiger charge is -2.41. The molecule has 1 unspecified atom stereocenters. The van der Waals surface area contributed by atoms with Crippen molar-refractivity contribution in [3.8, 4) is 0 Å². The Bertz CT molecular complexity index is 422. The third-order valence-electron chi connectivity index (χ3n) is 3.87. The summed E-state index contributed by atoms with van der Waals surface area (Å²) < 4.78 is 27.2. The molecule has 0 amide bonds. The van der Waals surface area contributed by atoms with Gasteiger partial charge in [0.15, 0.2) is 0 Å². The van der Waals surface area contributed by atoms with E-state index in [2.05, 4.69) is 13.8 Å². The topological polar surface area (TPSA) is 20.2 Å². The van der Waals surface area contributed by atoms with Crippen molar-refractivity contribution >= 4 is 0 Å². The van der Waals surface area contributed by atoms with Crippen LogP contribution >= 0.6 is 0 Å². The maximum Gasteiger partial charge on any atom is 0.129 e. The summed E-state index contributed by atoms with van der Waals surface area (Å²) in [6.45, 7) is 4.18. The third-order valence-corrected chi connectivity index (χ3v) is 3.87. The number of rotatable bonds is 2. The molecule has 0 aliphatic heterocycles. The van der Waals surface area contributed by atoms with Crippen molar-refractivity contribution in [1.82, 2.24) is 0 Å². The van der Waals surface area contributed by atoms with Crippen LogP contribution in [0.25, 0.3) is 0 Å². The molecule has 1 nitrogen and oxygen atoms in total. The Kier molecular flexibility index (Phi) is 3.45. The summed E-state index contributed by atoms with van der Waals surface area (Å²) in [7, 11) is 0. The first-order valence-corrected chi connectivity index (χ1v) is 6.47. The first-order chi connectivity index (χ1) is 8.31. The van der Waals surface area contributed by atoms with Crippen molar-refractivity contribution < 1.29 is 13.9 Å². The molecule has 1 N–H and O–H groups in total. The van der Waals surface area contributed by atoms with Crippen LogP contribution in [0.4, 0.5) is 8.78 Å². The fourth-order valence-corrected chi connectivity index (χ4v) is 3.14. The second kappa shape index (κ2) is 4.61. The summed E-state index contributed by atoms with van der Waals surface area (Å²) in [5.41, 5.74) is -0.933. The van der Waals surface area contributed by atoms with Gasteiger partial charge in [-0.3, -0.25) is 0 Å². The minimum Gasteiger partial charge on any atom is -0.390 e. The molecule has 0 aromatic heterocycles. The number of aliphatic hydroxyl groups is 1. The molecule has 0 saturated heterocycles. The zero-order valence-electron chi connectivity index (χ0n) is 11.0. The van der Waals surface area contributed by atoms with E-state index in [4.69, 9.17) is 0 Å². The standard InChI is InChI=1S/C15H20F2O/c1-14(2)7-4-8-15(18,10-14)9-11-12(16)5-3-6-13(11)17/h3,5-6,18H,4,7-10H2,1-2H3. The molecule has 2 rings (SSSR count). The van der Waals surface area contributed by atoms with Crippen LogP contribution in [0.5, 0.6) is 0 Å². The normalized spacial score (nSPS) is 27.2. The van der Waals surface area contributed by atoms with E-state index in [-0.39, 0.29) is 17.4 Å². The van der Waals surface area contributed by atoms with Gasteiger partial charge in [-0.25, -0.2) is 8.78 Å². The van der Waals surface area contributed by atoms with Crippen molar-refractivity contribution in [1.29, 1.82) is 0 Å². The Morgan fingerprint density at radius 1 is 1.17 bits per heavy atom. The van der Waals surface area contributed by atoms with Gasteiger partial charge < -0.3 is 5.11 Å².